The van der Waals surface area contributed by atoms with Crippen LogP contribution >= 0.6 is 0 Å². The summed E-state index contributed by atoms with van der Waals surface area (Å²) in [5, 5.41) is 3.70. The fraction of sp³-hybridized carbons (Fsp3) is 0.368. The molecule has 2 aromatic carbocycles. The lowest BCUT2D eigenvalue weighted by Crippen LogP contribution is -2.56. The smallest absolute Gasteiger partial charge is 0.0584 e. The van der Waals surface area contributed by atoms with E-state index >= 15 is 0 Å². The summed E-state index contributed by atoms with van der Waals surface area (Å²) in [5.74, 6) is 0. The highest BCUT2D eigenvalue weighted by Crippen LogP contribution is 2.28. The van der Waals surface area contributed by atoms with Crippen molar-refractivity contribution in [2.24, 2.45) is 0 Å². The number of nitrogens with zero attached hydrogens (tertiary/aromatic N) is 1. The van der Waals surface area contributed by atoms with Gasteiger partial charge in [0, 0.05) is 25.3 Å². The predicted octanol–water partition coefficient (Wildman–Crippen LogP) is 3.63. The second kappa shape index (κ2) is 5.53. The van der Waals surface area contributed by atoms with Gasteiger partial charge in [-0.25, -0.2) is 0 Å². The summed E-state index contributed by atoms with van der Waals surface area (Å²) in [5.41, 5.74) is 5.39. The zero-order valence-corrected chi connectivity index (χ0v) is 13.2. The molecule has 0 radical (unpaired) electrons. The van der Waals surface area contributed by atoms with E-state index in [0.717, 1.165) is 19.6 Å². The lowest BCUT2D eigenvalue weighted by atomic mass is 9.89. The minimum absolute atomic E-state index is 0.0111. The Morgan fingerprint density at radius 2 is 1.67 bits per heavy atom. The van der Waals surface area contributed by atoms with Gasteiger partial charge in [0.1, 0.15) is 0 Å². The van der Waals surface area contributed by atoms with Gasteiger partial charge in [-0.3, -0.25) is 0 Å². The molecule has 0 aliphatic carbocycles. The van der Waals surface area contributed by atoms with Gasteiger partial charge in [0.25, 0.3) is 0 Å². The molecule has 1 aliphatic heterocycles. The highest BCUT2D eigenvalue weighted by atomic mass is 15.2. The quantitative estimate of drug-likeness (QED) is 0.903. The van der Waals surface area contributed by atoms with Gasteiger partial charge >= 0.3 is 0 Å². The lowest BCUT2D eigenvalue weighted by molar-refractivity contribution is 0.332. The molecule has 1 atom stereocenters. The van der Waals surface area contributed by atoms with Crippen LogP contribution in [0.3, 0.4) is 0 Å². The van der Waals surface area contributed by atoms with Crippen molar-refractivity contribution in [3.63, 3.8) is 0 Å². The van der Waals surface area contributed by atoms with Gasteiger partial charge in [0.05, 0.1) is 5.54 Å². The third-order valence-corrected chi connectivity index (χ3v) is 4.39. The van der Waals surface area contributed by atoms with E-state index in [-0.39, 0.29) is 5.54 Å². The van der Waals surface area contributed by atoms with Gasteiger partial charge < -0.3 is 10.2 Å². The Morgan fingerprint density at radius 3 is 2.33 bits per heavy atom. The number of nitrogens with one attached hydrogen (secondary N) is 1. The molecule has 1 saturated heterocycles. The largest absolute Gasteiger partial charge is 0.368 e. The molecule has 2 heteroatoms. The monoisotopic (exact) mass is 280 g/mol. The van der Waals surface area contributed by atoms with Gasteiger partial charge in [-0.1, -0.05) is 36.4 Å². The average molecular weight is 280 g/mol. The fourth-order valence-electron chi connectivity index (χ4n) is 3.34. The molecule has 0 bridgehead atoms. The van der Waals surface area contributed by atoms with Gasteiger partial charge in [-0.2, -0.15) is 0 Å². The Kier molecular flexibility index (Phi) is 3.73. The summed E-state index contributed by atoms with van der Waals surface area (Å²) in [6.07, 6.45) is 0. The SMILES string of the molecule is Cc1cc(C)cc(N2CCNC(C)(c3ccccc3)C2)c1. The van der Waals surface area contributed by atoms with Crippen molar-refractivity contribution in [2.45, 2.75) is 26.3 Å². The standard InChI is InChI=1S/C19H24N2/c1-15-11-16(2)13-18(12-15)21-10-9-20-19(3,14-21)17-7-5-4-6-8-17/h4-8,11-13,20H,9-10,14H2,1-3H3. The molecule has 1 heterocycles. The summed E-state index contributed by atoms with van der Waals surface area (Å²) in [7, 11) is 0. The zero-order valence-electron chi connectivity index (χ0n) is 13.2. The number of rotatable bonds is 2. The van der Waals surface area contributed by atoms with Crippen LogP contribution in [0.4, 0.5) is 5.69 Å². The van der Waals surface area contributed by atoms with Crippen LogP contribution in [0, 0.1) is 13.8 Å². The van der Waals surface area contributed by atoms with E-state index in [9.17, 15) is 0 Å². The molecule has 1 aliphatic rings. The van der Waals surface area contributed by atoms with Crippen LogP contribution in [-0.2, 0) is 5.54 Å². The van der Waals surface area contributed by atoms with E-state index in [4.69, 9.17) is 0 Å². The van der Waals surface area contributed by atoms with E-state index in [1.54, 1.807) is 0 Å². The van der Waals surface area contributed by atoms with Gasteiger partial charge in [0.2, 0.25) is 0 Å². The maximum Gasteiger partial charge on any atom is 0.0584 e. The van der Waals surface area contributed by atoms with Crippen LogP contribution in [0.5, 0.6) is 0 Å². The Morgan fingerprint density at radius 1 is 1.00 bits per heavy atom. The number of benzene rings is 2. The Balaban J connectivity index is 1.89. The minimum Gasteiger partial charge on any atom is -0.368 e. The van der Waals surface area contributed by atoms with E-state index in [1.165, 1.54) is 22.4 Å². The maximum atomic E-state index is 3.70. The summed E-state index contributed by atoms with van der Waals surface area (Å²) >= 11 is 0. The second-order valence-corrected chi connectivity index (χ2v) is 6.39. The molecule has 2 nitrogen and oxygen atoms in total. The maximum absolute atomic E-state index is 3.70. The number of aryl methyl sites for hydroxylation is 2. The van der Waals surface area contributed by atoms with Crippen molar-refractivity contribution in [3.8, 4) is 0 Å². The summed E-state index contributed by atoms with van der Waals surface area (Å²) in [4.78, 5) is 2.50. The van der Waals surface area contributed by atoms with Crippen LogP contribution in [-0.4, -0.2) is 19.6 Å². The second-order valence-electron chi connectivity index (χ2n) is 6.39. The zero-order chi connectivity index (χ0) is 14.9. The fourth-order valence-corrected chi connectivity index (χ4v) is 3.34. The Bertz CT molecular complexity index is 600. The normalized spacial score (nSPS) is 22.3. The molecular formula is C19H24N2. The van der Waals surface area contributed by atoms with Crippen LogP contribution in [0.15, 0.2) is 48.5 Å². The number of anilines is 1. The molecule has 21 heavy (non-hydrogen) atoms. The van der Waals surface area contributed by atoms with E-state index in [2.05, 4.69) is 79.5 Å². The van der Waals surface area contributed by atoms with Crippen LogP contribution in [0.2, 0.25) is 0 Å². The van der Waals surface area contributed by atoms with E-state index in [0.29, 0.717) is 0 Å². The first-order chi connectivity index (χ1) is 10.1. The minimum atomic E-state index is 0.0111. The van der Waals surface area contributed by atoms with Crippen molar-refractivity contribution < 1.29 is 0 Å². The van der Waals surface area contributed by atoms with Gasteiger partial charge in [-0.15, -0.1) is 0 Å². The van der Waals surface area contributed by atoms with E-state index in [1.807, 2.05) is 0 Å². The Hall–Kier alpha value is -1.80. The highest BCUT2D eigenvalue weighted by molar-refractivity contribution is 5.52. The number of hydrogen-bond donors (Lipinski definition) is 1. The van der Waals surface area contributed by atoms with Crippen LogP contribution in [0.25, 0.3) is 0 Å². The molecule has 1 N–H and O–H groups in total. The van der Waals surface area contributed by atoms with Gasteiger partial charge in [0.15, 0.2) is 0 Å². The van der Waals surface area contributed by atoms with Crippen molar-refractivity contribution in [2.75, 3.05) is 24.5 Å². The van der Waals surface area contributed by atoms with Crippen molar-refractivity contribution in [3.05, 3.63) is 65.2 Å². The van der Waals surface area contributed by atoms with Crippen molar-refractivity contribution in [1.82, 2.24) is 5.32 Å². The van der Waals surface area contributed by atoms with Crippen LogP contribution < -0.4 is 10.2 Å². The molecule has 0 aromatic heterocycles. The molecule has 0 spiro atoms. The molecule has 110 valence electrons. The number of piperazine rings is 1. The third-order valence-electron chi connectivity index (χ3n) is 4.39. The predicted molar refractivity (Wildman–Crippen MR) is 89.9 cm³/mol. The molecular weight excluding hydrogens is 256 g/mol. The summed E-state index contributed by atoms with van der Waals surface area (Å²) in [6.45, 7) is 9.73. The molecule has 0 amide bonds. The molecule has 3 rings (SSSR count). The van der Waals surface area contributed by atoms with E-state index < -0.39 is 0 Å². The molecule has 1 fully saturated rings. The average Bonchev–Trinajstić information content (AvgIpc) is 2.47. The topological polar surface area (TPSA) is 15.3 Å². The molecule has 1 unspecified atom stereocenters. The molecule has 2 aromatic rings. The number of hydrogen-bond acceptors (Lipinski definition) is 2. The molecule has 0 saturated carbocycles. The first-order valence-corrected chi connectivity index (χ1v) is 7.71. The Labute approximate surface area is 127 Å². The first-order valence-electron chi connectivity index (χ1n) is 7.71. The van der Waals surface area contributed by atoms with Gasteiger partial charge in [-0.05, 0) is 49.6 Å². The van der Waals surface area contributed by atoms with Crippen molar-refractivity contribution >= 4 is 5.69 Å². The summed E-state index contributed by atoms with van der Waals surface area (Å²) in [6, 6.07) is 17.6. The first kappa shape index (κ1) is 14.2. The summed E-state index contributed by atoms with van der Waals surface area (Å²) < 4.78 is 0. The van der Waals surface area contributed by atoms with Crippen molar-refractivity contribution in [1.29, 1.82) is 0 Å². The highest BCUT2D eigenvalue weighted by Gasteiger charge is 2.32. The third kappa shape index (κ3) is 2.96. The van der Waals surface area contributed by atoms with Crippen LogP contribution in [0.1, 0.15) is 23.6 Å². The lowest BCUT2D eigenvalue weighted by Gasteiger charge is -2.43.